The summed E-state index contributed by atoms with van der Waals surface area (Å²) in [6.07, 6.45) is 0. The molecule has 0 atom stereocenters. The van der Waals surface area contributed by atoms with Crippen molar-refractivity contribution in [2.45, 2.75) is 58.2 Å². The van der Waals surface area contributed by atoms with Crippen LogP contribution in [0.15, 0.2) is 66.7 Å². The minimum atomic E-state index is -0.943. The van der Waals surface area contributed by atoms with Gasteiger partial charge in [-0.15, -0.1) is 0 Å². The molecule has 0 heterocycles. The second-order valence-electron chi connectivity index (χ2n) is 10.7. The Bertz CT molecular complexity index is 1360. The van der Waals surface area contributed by atoms with Crippen LogP contribution in [0.3, 0.4) is 0 Å². The highest BCUT2D eigenvalue weighted by Gasteiger charge is 2.41. The van der Waals surface area contributed by atoms with Crippen molar-refractivity contribution in [1.82, 2.24) is 0 Å². The van der Waals surface area contributed by atoms with E-state index in [1.54, 1.807) is 0 Å². The van der Waals surface area contributed by atoms with Crippen LogP contribution in [0, 0.1) is 0 Å². The van der Waals surface area contributed by atoms with E-state index in [1.807, 2.05) is 27.7 Å². The minimum absolute atomic E-state index is 0.160. The third-order valence-electron chi connectivity index (χ3n) is 7.64. The van der Waals surface area contributed by atoms with Gasteiger partial charge >= 0.3 is 7.48 Å². The van der Waals surface area contributed by atoms with Crippen molar-refractivity contribution in [3.63, 3.8) is 0 Å². The van der Waals surface area contributed by atoms with E-state index in [4.69, 9.17) is 4.65 Å². The van der Waals surface area contributed by atoms with Crippen LogP contribution in [0.1, 0.15) is 52.7 Å². The standard InChI is InChI=1S/C29H31BO2/c1-27(2)25-21-14-10-7-11-18(21)15-16-22(25)24-20-13-9-8-12-19(20)17-23(26(24)27)30-32-29(5,6)28(3,4)31/h7-17,30-31H,1-6H3. The summed E-state index contributed by atoms with van der Waals surface area (Å²) in [4.78, 5) is 0. The van der Waals surface area contributed by atoms with Crippen LogP contribution in [-0.4, -0.2) is 23.8 Å². The van der Waals surface area contributed by atoms with Crippen molar-refractivity contribution in [1.29, 1.82) is 0 Å². The van der Waals surface area contributed by atoms with E-state index in [2.05, 4.69) is 80.6 Å². The molecule has 0 radical (unpaired) electrons. The van der Waals surface area contributed by atoms with Crippen LogP contribution in [0.2, 0.25) is 0 Å². The number of aliphatic hydroxyl groups is 1. The largest absolute Gasteiger partial charge is 0.427 e. The van der Waals surface area contributed by atoms with Gasteiger partial charge < -0.3 is 9.76 Å². The molecule has 3 heteroatoms. The first kappa shape index (κ1) is 21.2. The molecule has 1 aliphatic rings. The van der Waals surface area contributed by atoms with E-state index in [9.17, 15) is 5.11 Å². The number of hydrogen-bond acceptors (Lipinski definition) is 2. The molecule has 4 aromatic carbocycles. The SMILES string of the molecule is CC1(C)c2c(BOC(C)(C)C(C)(C)O)cc3ccccc3c2-c2ccc3ccccc3c21. The zero-order chi connectivity index (χ0) is 22.9. The van der Waals surface area contributed by atoms with Gasteiger partial charge in [-0.2, -0.15) is 0 Å². The van der Waals surface area contributed by atoms with Gasteiger partial charge in [0.2, 0.25) is 0 Å². The molecule has 0 amide bonds. The summed E-state index contributed by atoms with van der Waals surface area (Å²) in [5, 5.41) is 15.7. The molecule has 4 aromatic rings. The summed E-state index contributed by atoms with van der Waals surface area (Å²) in [5.41, 5.74) is 4.81. The average Bonchev–Trinajstić information content (AvgIpc) is 2.99. The fraction of sp³-hybridized carbons (Fsp3) is 0.310. The third-order valence-corrected chi connectivity index (χ3v) is 7.64. The second kappa shape index (κ2) is 6.94. The van der Waals surface area contributed by atoms with Crippen LogP contribution >= 0.6 is 0 Å². The highest BCUT2D eigenvalue weighted by atomic mass is 16.5. The first-order chi connectivity index (χ1) is 15.0. The molecule has 0 fully saturated rings. The molecule has 0 spiro atoms. The van der Waals surface area contributed by atoms with Crippen LogP contribution in [0.5, 0.6) is 0 Å². The summed E-state index contributed by atoms with van der Waals surface area (Å²) in [7, 11) is 0.458. The molecule has 0 saturated heterocycles. The molecule has 0 saturated carbocycles. The van der Waals surface area contributed by atoms with Crippen molar-refractivity contribution in [2.75, 3.05) is 0 Å². The van der Waals surface area contributed by atoms with Crippen LogP contribution < -0.4 is 5.46 Å². The first-order valence-electron chi connectivity index (χ1n) is 11.5. The topological polar surface area (TPSA) is 29.5 Å². The van der Waals surface area contributed by atoms with Gasteiger partial charge in [0.15, 0.2) is 0 Å². The van der Waals surface area contributed by atoms with Gasteiger partial charge in [-0.05, 0) is 77.0 Å². The van der Waals surface area contributed by atoms with E-state index in [-0.39, 0.29) is 5.41 Å². The minimum Gasteiger partial charge on any atom is -0.427 e. The zero-order valence-corrected chi connectivity index (χ0v) is 19.9. The quantitative estimate of drug-likeness (QED) is 0.419. The van der Waals surface area contributed by atoms with Gasteiger partial charge in [-0.25, -0.2) is 0 Å². The lowest BCUT2D eigenvalue weighted by molar-refractivity contribution is -0.0893. The molecule has 1 aliphatic carbocycles. The Hall–Kier alpha value is -2.62. The second-order valence-corrected chi connectivity index (χ2v) is 10.7. The Labute approximate surface area is 191 Å². The molecule has 0 aliphatic heterocycles. The predicted octanol–water partition coefficient (Wildman–Crippen LogP) is 5.84. The Morgan fingerprint density at radius 1 is 0.781 bits per heavy atom. The number of rotatable bonds is 4. The third kappa shape index (κ3) is 3.03. The lowest BCUT2D eigenvalue weighted by Gasteiger charge is -2.38. The maximum absolute atomic E-state index is 10.6. The highest BCUT2D eigenvalue weighted by Crippen LogP contribution is 2.52. The summed E-state index contributed by atoms with van der Waals surface area (Å²) in [6.45, 7) is 12.2. The van der Waals surface area contributed by atoms with Gasteiger partial charge in [0.05, 0.1) is 11.2 Å². The fourth-order valence-corrected chi connectivity index (χ4v) is 5.23. The first-order valence-corrected chi connectivity index (χ1v) is 11.5. The van der Waals surface area contributed by atoms with Gasteiger partial charge in [0.25, 0.3) is 0 Å². The summed E-state index contributed by atoms with van der Waals surface area (Å²) < 4.78 is 6.38. The maximum atomic E-state index is 10.6. The van der Waals surface area contributed by atoms with Gasteiger partial charge in [0.1, 0.15) is 0 Å². The highest BCUT2D eigenvalue weighted by molar-refractivity contribution is 6.49. The molecule has 0 bridgehead atoms. The van der Waals surface area contributed by atoms with Gasteiger partial charge in [-0.1, -0.05) is 80.6 Å². The van der Waals surface area contributed by atoms with E-state index in [1.165, 1.54) is 49.3 Å². The van der Waals surface area contributed by atoms with Crippen LogP contribution in [0.25, 0.3) is 32.7 Å². The van der Waals surface area contributed by atoms with Gasteiger partial charge in [0, 0.05) is 5.41 Å². The van der Waals surface area contributed by atoms with Crippen molar-refractivity contribution in [3.8, 4) is 11.1 Å². The van der Waals surface area contributed by atoms with E-state index in [0.29, 0.717) is 7.48 Å². The lowest BCUT2D eigenvalue weighted by Crippen LogP contribution is -2.49. The smallest absolute Gasteiger partial charge is 0.309 e. The molecule has 162 valence electrons. The summed E-state index contributed by atoms with van der Waals surface area (Å²) in [6, 6.07) is 24.2. The van der Waals surface area contributed by atoms with Crippen molar-refractivity contribution in [2.24, 2.45) is 0 Å². The molecule has 0 unspecified atom stereocenters. The zero-order valence-electron chi connectivity index (χ0n) is 19.9. The predicted molar refractivity (Wildman–Crippen MR) is 137 cm³/mol. The van der Waals surface area contributed by atoms with E-state index in [0.717, 1.165) is 0 Å². The average molecular weight is 422 g/mol. The van der Waals surface area contributed by atoms with Crippen LogP contribution in [0.4, 0.5) is 0 Å². The molecule has 5 rings (SSSR count). The summed E-state index contributed by atoms with van der Waals surface area (Å²) in [5.74, 6) is 0. The van der Waals surface area contributed by atoms with Crippen molar-refractivity contribution in [3.05, 3.63) is 77.9 Å². The number of fused-ring (bicyclic) bond motifs is 7. The normalized spacial score (nSPS) is 15.1. The monoisotopic (exact) mass is 422 g/mol. The Balaban J connectivity index is 1.78. The van der Waals surface area contributed by atoms with E-state index >= 15 is 0 Å². The van der Waals surface area contributed by atoms with Crippen molar-refractivity contribution < 1.29 is 9.76 Å². The molecular formula is C29H31BO2. The lowest BCUT2D eigenvalue weighted by atomic mass is 9.70. The molecular weight excluding hydrogens is 391 g/mol. The van der Waals surface area contributed by atoms with Gasteiger partial charge in [-0.3, -0.25) is 0 Å². The Kier molecular flexibility index (Phi) is 4.61. The molecule has 32 heavy (non-hydrogen) atoms. The Morgan fingerprint density at radius 3 is 2.09 bits per heavy atom. The number of benzene rings is 4. The molecule has 2 nitrogen and oxygen atoms in total. The van der Waals surface area contributed by atoms with Crippen molar-refractivity contribution >= 4 is 34.5 Å². The van der Waals surface area contributed by atoms with Crippen LogP contribution in [-0.2, 0) is 10.1 Å². The summed E-state index contributed by atoms with van der Waals surface area (Å²) >= 11 is 0. The molecule has 0 aromatic heterocycles. The van der Waals surface area contributed by atoms with E-state index < -0.39 is 11.2 Å². The molecule has 1 N–H and O–H groups in total. The Morgan fingerprint density at radius 2 is 1.41 bits per heavy atom. The number of hydrogen-bond donors (Lipinski definition) is 1. The fourth-order valence-electron chi connectivity index (χ4n) is 5.23. The maximum Gasteiger partial charge on any atom is 0.309 e.